The normalized spacial score (nSPS) is 14.3. The van der Waals surface area contributed by atoms with Gasteiger partial charge >= 0.3 is 24.4 Å². The number of piperidine rings is 3. The second kappa shape index (κ2) is 40.3. The van der Waals surface area contributed by atoms with Crippen LogP contribution in [0, 0.1) is 23.2 Å². The topological polar surface area (TPSA) is 379 Å². The number of benzene rings is 6. The first-order valence-electron chi connectivity index (χ1n) is 38.5. The van der Waals surface area contributed by atoms with Crippen molar-refractivity contribution in [3.05, 3.63) is 176 Å². The summed E-state index contributed by atoms with van der Waals surface area (Å²) < 4.78 is 20.8. The maximum atomic E-state index is 12.4. The van der Waals surface area contributed by atoms with E-state index in [2.05, 4.69) is 181 Å². The Morgan fingerprint density at radius 2 is 0.728 bits per heavy atom. The fraction of sp³-hybridized carbons (Fsp3) is 0.395. The van der Waals surface area contributed by atoms with Crippen LogP contribution < -0.4 is 53.2 Å². The lowest BCUT2D eigenvalue weighted by atomic mass is 9.97. The van der Waals surface area contributed by atoms with E-state index in [1.54, 1.807) is 89.3 Å². The zero-order valence-electron chi connectivity index (χ0n) is 67.5. The molecular weight excluding hydrogens is 1440 g/mol. The summed E-state index contributed by atoms with van der Waals surface area (Å²) in [7, 11) is 0. The first kappa shape index (κ1) is 85.8. The van der Waals surface area contributed by atoms with Crippen LogP contribution in [0.4, 0.5) is 37.0 Å². The number of rotatable bonds is 13. The molecule has 0 spiro atoms. The number of fused-ring (bicyclic) bond motifs is 3. The van der Waals surface area contributed by atoms with Gasteiger partial charge in [-0.25, -0.2) is 54.1 Å². The second-order valence-electron chi connectivity index (χ2n) is 31.9. The number of ether oxygens (including phenoxy) is 4. The van der Waals surface area contributed by atoms with E-state index in [4.69, 9.17) is 56.5 Å². The fourth-order valence-electron chi connectivity index (χ4n) is 12.5. The first-order chi connectivity index (χ1) is 54.3. The van der Waals surface area contributed by atoms with Crippen LogP contribution in [0.25, 0.3) is 66.1 Å². The summed E-state index contributed by atoms with van der Waals surface area (Å²) in [5, 5.41) is 23.9. The molecule has 0 unspecified atom stereocenters. The molecule has 3 fully saturated rings. The van der Waals surface area contributed by atoms with Crippen molar-refractivity contribution < 1.29 is 38.1 Å². The highest BCUT2D eigenvalue weighted by Crippen LogP contribution is 2.31. The predicted molar refractivity (Wildman–Crippen MR) is 455 cm³/mol. The minimum atomic E-state index is -0.773. The summed E-state index contributed by atoms with van der Waals surface area (Å²) in [6.07, 6.45) is 12.2. The highest BCUT2D eigenvalue weighted by atomic mass is 16.6. The number of hydrogen-bond donors (Lipinski definition) is 8. The average Bonchev–Trinajstić information content (AvgIpc) is 0.820. The van der Waals surface area contributed by atoms with Crippen molar-refractivity contribution in [2.75, 3.05) is 73.6 Å². The Bertz CT molecular complexity index is 4780. The van der Waals surface area contributed by atoms with Crippen LogP contribution in [-0.4, -0.2) is 160 Å². The number of alkyl carbamates (subject to hydrolysis) is 4. The van der Waals surface area contributed by atoms with E-state index in [0.717, 1.165) is 136 Å². The molecule has 28 heteroatoms. The Morgan fingerprint density at radius 3 is 1.03 bits per heavy atom. The second-order valence-corrected chi connectivity index (χ2v) is 31.9. The number of nitrogens with one attached hydrogen (secondary N) is 5. The third-order valence-corrected chi connectivity index (χ3v) is 18.0. The molecule has 28 nitrogen and oxygen atoms in total. The number of aromatic nitrogens is 6. The zero-order chi connectivity index (χ0) is 82.0. The van der Waals surface area contributed by atoms with Crippen molar-refractivity contribution >= 4 is 98.6 Å². The van der Waals surface area contributed by atoms with Gasteiger partial charge in [-0.3, -0.25) is 31.3 Å². The maximum Gasteiger partial charge on any atom is 0.414 e. The number of nitrogens with zero attached hydrogens (tertiary/aromatic N) is 12. The van der Waals surface area contributed by atoms with Gasteiger partial charge in [0.2, 0.25) is 29.8 Å². The number of aliphatic imine (C=N–C) groups is 3. The average molecular weight is 1550 g/mol. The molecule has 3 aromatic heterocycles. The van der Waals surface area contributed by atoms with Crippen molar-refractivity contribution in [2.45, 2.75) is 144 Å². The van der Waals surface area contributed by atoms with E-state index in [-0.39, 0.29) is 23.8 Å². The Balaban J connectivity index is 0.000000180. The minimum Gasteiger partial charge on any atom is -0.444 e. The van der Waals surface area contributed by atoms with Gasteiger partial charge in [-0.15, -0.1) is 0 Å². The van der Waals surface area contributed by atoms with E-state index < -0.39 is 46.8 Å². The maximum absolute atomic E-state index is 12.4. The van der Waals surface area contributed by atoms with Crippen LogP contribution >= 0.6 is 0 Å². The van der Waals surface area contributed by atoms with E-state index >= 15 is 0 Å². The molecule has 11 N–H and O–H groups in total. The van der Waals surface area contributed by atoms with Crippen LogP contribution in [0.15, 0.2) is 191 Å². The monoisotopic (exact) mass is 1550 g/mol. The Hall–Kier alpha value is -12.2. The molecule has 114 heavy (non-hydrogen) atoms. The molecule has 0 saturated carbocycles. The van der Waals surface area contributed by atoms with Crippen molar-refractivity contribution in [1.82, 2.24) is 51.2 Å². The molecule has 3 saturated heterocycles. The van der Waals surface area contributed by atoms with Crippen molar-refractivity contribution in [3.63, 3.8) is 0 Å². The standard InChI is InChI=1S/C31H40N6O4.C21H24N6.C20H22N4.C14H24N4O4/c1-30(2,3)40-28(38)35-26(36-29(39)41-31(4,5)6)33-20-21-14-17-37(18-15-21)27-32-16-13-25(34-27)24-12-11-22-9-7-8-10-23(22)19-24;22-20(23)25-14-15-8-11-27(12-9-15)21-24-10-7-19(26-21)18-6-5-16-3-1-2-4-17(16)13-18;21-14-15-8-11-24(12-9-15)20-22-10-7-19(23-20)18-6-5-16-3-1-2-4-17(16)13-18;1-13(2,3)21-11(19)17-10(16-9-7-8-15)18-12(20)22-14(4,5)6/h7-13,16,19,21H,14-15,17-18,20H2,1-6H3,(H2,33,35,36,38,39);1-7,10,13,15H,8-9,11-12,14H2,(H4,22,23,25);1-7,10,13,15H,8-9,11-12,14,21H2;7-9,15H,1-6H3,(H2,16,17,18,19,20)/b;;;9-7-,15-8?. The van der Waals surface area contributed by atoms with E-state index in [9.17, 15) is 19.2 Å². The van der Waals surface area contributed by atoms with Gasteiger partial charge in [0.1, 0.15) is 22.4 Å². The summed E-state index contributed by atoms with van der Waals surface area (Å²) in [6.45, 7) is 28.1. The van der Waals surface area contributed by atoms with Crippen LogP contribution in [0.1, 0.15) is 122 Å². The highest BCUT2D eigenvalue weighted by Gasteiger charge is 2.28. The Morgan fingerprint density at radius 1 is 0.430 bits per heavy atom. The van der Waals surface area contributed by atoms with E-state index in [1.165, 1.54) is 44.6 Å². The summed E-state index contributed by atoms with van der Waals surface area (Å²) in [4.78, 5) is 95.3. The van der Waals surface area contributed by atoms with E-state index in [0.29, 0.717) is 30.9 Å². The number of anilines is 3. The third-order valence-electron chi connectivity index (χ3n) is 18.0. The molecule has 12 rings (SSSR count). The molecule has 6 heterocycles. The summed E-state index contributed by atoms with van der Waals surface area (Å²) in [5.41, 5.74) is 20.0. The van der Waals surface area contributed by atoms with Gasteiger partial charge < -0.3 is 56.3 Å². The quantitative estimate of drug-likeness (QED) is 0.0302. The van der Waals surface area contributed by atoms with Gasteiger partial charge in [-0.2, -0.15) is 0 Å². The fourth-order valence-corrected chi connectivity index (χ4v) is 12.5. The molecule has 6 aromatic carbocycles. The smallest absolute Gasteiger partial charge is 0.414 e. The van der Waals surface area contributed by atoms with Crippen LogP contribution in [0.2, 0.25) is 0 Å². The summed E-state index contributed by atoms with van der Waals surface area (Å²) in [6, 6.07) is 50.2. The lowest BCUT2D eigenvalue weighted by molar-refractivity contribution is 0.0521. The van der Waals surface area contributed by atoms with Gasteiger partial charge in [0, 0.05) is 100 Å². The molecule has 0 bridgehead atoms. The molecule has 0 atom stereocenters. The Labute approximate surface area is 667 Å². The molecule has 9 aromatic rings. The number of amides is 4. The minimum absolute atomic E-state index is 0.00218. The van der Waals surface area contributed by atoms with Crippen LogP contribution in [0.3, 0.4) is 0 Å². The summed E-state index contributed by atoms with van der Waals surface area (Å²) in [5.74, 6) is 3.75. The summed E-state index contributed by atoms with van der Waals surface area (Å²) >= 11 is 0. The molecule has 3 aliphatic rings. The Kier molecular flexibility index (Phi) is 30.3. The first-order valence-corrected chi connectivity index (χ1v) is 38.5. The van der Waals surface area contributed by atoms with Gasteiger partial charge in [-0.05, 0) is 221 Å². The third kappa shape index (κ3) is 28.5. The van der Waals surface area contributed by atoms with Gasteiger partial charge in [0.15, 0.2) is 5.96 Å². The predicted octanol–water partition coefficient (Wildman–Crippen LogP) is 14.7. The van der Waals surface area contributed by atoms with Gasteiger partial charge in [0.05, 0.1) is 17.1 Å². The van der Waals surface area contributed by atoms with Crippen molar-refractivity contribution in [3.8, 4) is 33.8 Å². The molecule has 0 aliphatic carbocycles. The molecule has 4 amide bonds. The molecule has 3 aliphatic heterocycles. The van der Waals surface area contributed by atoms with Crippen LogP contribution in [0.5, 0.6) is 0 Å². The van der Waals surface area contributed by atoms with Crippen molar-refractivity contribution in [2.24, 2.45) is 49.9 Å². The highest BCUT2D eigenvalue weighted by molar-refractivity contribution is 6.02. The SMILES string of the molecule is CC(C)(C)OC(=O)NC(=N/C=C\C=N)NC(=O)OC(C)(C)C.CC(C)(C)OC(=O)NC(=NCC1CCN(c2nccc(-c3ccc4ccccc4c3)n2)CC1)NC(=O)OC(C)(C)C.NC(N)=NCC1CCN(c2nccc(-c3ccc4ccccc4c3)n2)CC1.NCC1CCN(c2nccc(-c3ccc4ccccc4c3)n2)CC1. The van der Waals surface area contributed by atoms with E-state index in [1.807, 2.05) is 42.7 Å². The molecular formula is C86H110N20O8. The number of carbonyl (C=O) groups excluding carboxylic acids is 4. The van der Waals surface area contributed by atoms with Gasteiger partial charge in [-0.1, -0.05) is 109 Å². The van der Waals surface area contributed by atoms with Gasteiger partial charge in [0.25, 0.3) is 0 Å². The number of nitrogens with two attached hydrogens (primary N) is 3. The number of guanidine groups is 3. The number of carbonyl (C=O) groups is 4. The lowest BCUT2D eigenvalue weighted by Crippen LogP contribution is -2.47. The molecule has 0 radical (unpaired) electrons. The zero-order valence-corrected chi connectivity index (χ0v) is 67.5. The lowest BCUT2D eigenvalue weighted by Gasteiger charge is -2.31. The largest absolute Gasteiger partial charge is 0.444 e. The molecule has 602 valence electrons. The number of allylic oxidation sites excluding steroid dienone is 1. The van der Waals surface area contributed by atoms with Crippen LogP contribution in [-0.2, 0) is 18.9 Å². The van der Waals surface area contributed by atoms with Crippen molar-refractivity contribution in [1.29, 1.82) is 5.41 Å². The number of hydrogen-bond acceptors (Lipinski definition) is 22.